The molecule has 1 aliphatic heterocycles. The van der Waals surface area contributed by atoms with Crippen LogP contribution in [-0.2, 0) is 11.2 Å². The van der Waals surface area contributed by atoms with Crippen LogP contribution in [0.2, 0.25) is 0 Å². The van der Waals surface area contributed by atoms with E-state index in [-0.39, 0.29) is 11.9 Å². The van der Waals surface area contributed by atoms with E-state index in [2.05, 4.69) is 35.0 Å². The van der Waals surface area contributed by atoms with Gasteiger partial charge in [0.1, 0.15) is 5.75 Å². The molecule has 1 fully saturated rings. The van der Waals surface area contributed by atoms with Crippen molar-refractivity contribution in [2.75, 3.05) is 4.90 Å². The summed E-state index contributed by atoms with van der Waals surface area (Å²) in [5, 5.41) is 4.62. The molecule has 1 saturated carbocycles. The minimum Gasteiger partial charge on any atom is -0.424 e. The number of hydrogen-bond acceptors (Lipinski definition) is 4. The second-order valence-corrected chi connectivity index (χ2v) is 9.49. The number of nitrogens with zero attached hydrogens (tertiary/aromatic N) is 5. The van der Waals surface area contributed by atoms with E-state index in [1.165, 1.54) is 12.8 Å². The third-order valence-corrected chi connectivity index (χ3v) is 6.98. The van der Waals surface area contributed by atoms with E-state index in [0.717, 1.165) is 52.0 Å². The molecule has 7 heteroatoms. The molecule has 4 aromatic rings. The van der Waals surface area contributed by atoms with E-state index >= 15 is 0 Å². The van der Waals surface area contributed by atoms with Gasteiger partial charge in [0, 0.05) is 42.1 Å². The summed E-state index contributed by atoms with van der Waals surface area (Å²) in [6.45, 7) is 5.71. The van der Waals surface area contributed by atoms with Crippen LogP contribution in [0.3, 0.4) is 0 Å². The van der Waals surface area contributed by atoms with E-state index < -0.39 is 0 Å². The minimum absolute atomic E-state index is 0.0415. The fourth-order valence-corrected chi connectivity index (χ4v) is 5.12. The second kappa shape index (κ2) is 8.41. The van der Waals surface area contributed by atoms with E-state index in [1.807, 2.05) is 59.1 Å². The minimum atomic E-state index is 0.0415. The number of ether oxygens (including phenoxy) is 1. The maximum atomic E-state index is 12.6. The summed E-state index contributed by atoms with van der Waals surface area (Å²) in [5.74, 6) is 0.789. The normalized spacial score (nSPS) is 17.8. The van der Waals surface area contributed by atoms with Gasteiger partial charge in [0.15, 0.2) is 0 Å². The van der Waals surface area contributed by atoms with Crippen LogP contribution in [0.1, 0.15) is 51.6 Å². The fraction of sp³-hybridized carbons (Fsp3) is 0.321. The molecule has 35 heavy (non-hydrogen) atoms. The SMILES string of the molecule is C/C=C/n1c(Oc2c(-c3cnn(C4CC4)c3)ccc3c2CCC(C)N3C(C)=O)nc2ccccc21. The third-order valence-electron chi connectivity index (χ3n) is 6.98. The number of imidazole rings is 1. The first kappa shape index (κ1) is 21.6. The molecule has 2 aromatic heterocycles. The highest BCUT2D eigenvalue weighted by molar-refractivity contribution is 5.95. The molecule has 7 nitrogen and oxygen atoms in total. The van der Waals surface area contributed by atoms with Crippen molar-refractivity contribution in [3.8, 4) is 22.9 Å². The molecule has 1 aliphatic carbocycles. The highest BCUT2D eigenvalue weighted by atomic mass is 16.5. The number of amides is 1. The van der Waals surface area contributed by atoms with Crippen LogP contribution in [0.4, 0.5) is 5.69 Å². The summed E-state index contributed by atoms with van der Waals surface area (Å²) in [5.41, 5.74) is 5.77. The summed E-state index contributed by atoms with van der Waals surface area (Å²) in [6.07, 6.45) is 12.0. The van der Waals surface area contributed by atoms with Crippen molar-refractivity contribution < 1.29 is 9.53 Å². The predicted molar refractivity (Wildman–Crippen MR) is 138 cm³/mol. The van der Waals surface area contributed by atoms with Gasteiger partial charge in [-0.25, -0.2) is 0 Å². The van der Waals surface area contributed by atoms with Crippen LogP contribution in [0.15, 0.2) is 54.9 Å². The van der Waals surface area contributed by atoms with Crippen molar-refractivity contribution in [1.82, 2.24) is 19.3 Å². The highest BCUT2D eigenvalue weighted by Crippen LogP contribution is 2.45. The van der Waals surface area contributed by atoms with Crippen molar-refractivity contribution in [2.45, 2.75) is 58.5 Å². The largest absolute Gasteiger partial charge is 0.424 e. The van der Waals surface area contributed by atoms with E-state index in [4.69, 9.17) is 9.72 Å². The van der Waals surface area contributed by atoms with Gasteiger partial charge in [-0.1, -0.05) is 18.2 Å². The quantitative estimate of drug-likeness (QED) is 0.350. The molecule has 1 unspecified atom stereocenters. The third kappa shape index (κ3) is 3.71. The standard InChI is InChI=1S/C28H29N5O2/c1-4-15-31-26-8-6-5-7-24(26)30-28(31)35-27-22(20-16-29-32(17-20)21-10-11-21)13-14-25-23(27)12-9-18(2)33(25)19(3)34/h4-8,13-18,21H,9-12H2,1-3H3/b15-4+. The molecule has 0 saturated heterocycles. The van der Waals surface area contributed by atoms with Gasteiger partial charge >= 0.3 is 6.01 Å². The number of aromatic nitrogens is 4. The van der Waals surface area contributed by atoms with Gasteiger partial charge in [-0.15, -0.1) is 0 Å². The average Bonchev–Trinajstić information content (AvgIpc) is 3.48. The van der Waals surface area contributed by atoms with Gasteiger partial charge in [-0.3, -0.25) is 14.0 Å². The van der Waals surface area contributed by atoms with Crippen molar-refractivity contribution in [1.29, 1.82) is 0 Å². The molecule has 3 heterocycles. The first-order valence-electron chi connectivity index (χ1n) is 12.3. The number of fused-ring (bicyclic) bond motifs is 2. The molecule has 1 amide bonds. The van der Waals surface area contributed by atoms with Crippen LogP contribution in [-0.4, -0.2) is 31.3 Å². The Bertz CT molecular complexity index is 1460. The molecule has 178 valence electrons. The van der Waals surface area contributed by atoms with Crippen molar-refractivity contribution in [3.63, 3.8) is 0 Å². The molecule has 2 aliphatic rings. The van der Waals surface area contributed by atoms with Crippen LogP contribution >= 0.6 is 0 Å². The van der Waals surface area contributed by atoms with Gasteiger partial charge in [0.05, 0.1) is 29.0 Å². The van der Waals surface area contributed by atoms with Crippen LogP contribution in [0, 0.1) is 0 Å². The Balaban J connectivity index is 1.54. The van der Waals surface area contributed by atoms with Gasteiger partial charge in [0.2, 0.25) is 5.91 Å². The molecule has 6 rings (SSSR count). The van der Waals surface area contributed by atoms with Gasteiger partial charge in [-0.2, -0.15) is 10.1 Å². The van der Waals surface area contributed by atoms with E-state index in [9.17, 15) is 4.79 Å². The zero-order valence-corrected chi connectivity index (χ0v) is 20.3. The first-order valence-corrected chi connectivity index (χ1v) is 12.3. The number of carbonyl (C=O) groups excluding carboxylic acids is 1. The topological polar surface area (TPSA) is 65.2 Å². The summed E-state index contributed by atoms with van der Waals surface area (Å²) >= 11 is 0. The van der Waals surface area contributed by atoms with Crippen molar-refractivity contribution in [2.24, 2.45) is 0 Å². The Morgan fingerprint density at radius 2 is 1.97 bits per heavy atom. The Hall–Kier alpha value is -3.87. The monoisotopic (exact) mass is 467 g/mol. The van der Waals surface area contributed by atoms with Crippen LogP contribution in [0.25, 0.3) is 28.4 Å². The molecule has 1 atom stereocenters. The lowest BCUT2D eigenvalue weighted by Gasteiger charge is -2.35. The summed E-state index contributed by atoms with van der Waals surface area (Å²) in [6, 6.07) is 13.3. The molecule has 2 aromatic carbocycles. The first-order chi connectivity index (χ1) is 17.0. The summed E-state index contributed by atoms with van der Waals surface area (Å²) in [7, 11) is 0. The number of allylic oxidation sites excluding steroid dienone is 1. The number of para-hydroxylation sites is 2. The maximum Gasteiger partial charge on any atom is 0.307 e. The number of rotatable bonds is 5. The van der Waals surface area contributed by atoms with Crippen molar-refractivity contribution >= 4 is 28.8 Å². The van der Waals surface area contributed by atoms with Crippen molar-refractivity contribution in [3.05, 3.63) is 60.4 Å². The molecule has 0 radical (unpaired) electrons. The zero-order valence-electron chi connectivity index (χ0n) is 20.3. The Morgan fingerprint density at radius 1 is 1.14 bits per heavy atom. The number of carbonyl (C=O) groups is 1. The van der Waals surface area contributed by atoms with Gasteiger partial charge in [0.25, 0.3) is 0 Å². The lowest BCUT2D eigenvalue weighted by molar-refractivity contribution is -0.117. The number of anilines is 1. The van der Waals surface area contributed by atoms with Gasteiger partial charge in [-0.05, 0) is 63.8 Å². The van der Waals surface area contributed by atoms with E-state index in [1.54, 1.807) is 6.92 Å². The smallest absolute Gasteiger partial charge is 0.307 e. The Kier molecular flexibility index (Phi) is 5.20. The zero-order chi connectivity index (χ0) is 24.1. The number of hydrogen-bond donors (Lipinski definition) is 0. The average molecular weight is 468 g/mol. The summed E-state index contributed by atoms with van der Waals surface area (Å²) < 4.78 is 10.7. The molecule has 0 N–H and O–H groups in total. The molecular weight excluding hydrogens is 438 g/mol. The Labute approximate surface area is 204 Å². The summed E-state index contributed by atoms with van der Waals surface area (Å²) in [4.78, 5) is 19.3. The molecule has 0 bridgehead atoms. The maximum absolute atomic E-state index is 12.6. The molecular formula is C28H29N5O2. The fourth-order valence-electron chi connectivity index (χ4n) is 5.12. The van der Waals surface area contributed by atoms with Crippen LogP contribution in [0.5, 0.6) is 11.8 Å². The Morgan fingerprint density at radius 3 is 2.74 bits per heavy atom. The lowest BCUT2D eigenvalue weighted by atomic mass is 9.92. The second-order valence-electron chi connectivity index (χ2n) is 9.49. The highest BCUT2D eigenvalue weighted by Gasteiger charge is 2.31. The predicted octanol–water partition coefficient (Wildman–Crippen LogP) is 6.21. The number of benzene rings is 2. The lowest BCUT2D eigenvalue weighted by Crippen LogP contribution is -2.40. The van der Waals surface area contributed by atoms with Gasteiger partial charge < -0.3 is 9.64 Å². The van der Waals surface area contributed by atoms with Crippen LogP contribution < -0.4 is 9.64 Å². The molecule has 0 spiro atoms. The van der Waals surface area contributed by atoms with E-state index in [0.29, 0.717) is 12.1 Å².